The SMILES string of the molecule is CC(CNS(=O)(=O)c1ccc(F)c(N)c1)C1CC1. The Bertz CT molecular complexity index is 541. The first-order valence-electron chi connectivity index (χ1n) is 5.95. The summed E-state index contributed by atoms with van der Waals surface area (Å²) in [7, 11) is -3.60. The number of anilines is 1. The smallest absolute Gasteiger partial charge is 0.240 e. The third-order valence-corrected chi connectivity index (χ3v) is 4.72. The Morgan fingerprint density at radius 1 is 1.50 bits per heavy atom. The van der Waals surface area contributed by atoms with Gasteiger partial charge in [-0.15, -0.1) is 0 Å². The van der Waals surface area contributed by atoms with Crippen LogP contribution in [0, 0.1) is 17.7 Å². The number of sulfonamides is 1. The van der Waals surface area contributed by atoms with Crippen molar-refractivity contribution in [2.45, 2.75) is 24.7 Å². The van der Waals surface area contributed by atoms with E-state index in [1.165, 1.54) is 18.9 Å². The molecule has 1 aliphatic rings. The van der Waals surface area contributed by atoms with E-state index >= 15 is 0 Å². The molecule has 3 N–H and O–H groups in total. The fourth-order valence-electron chi connectivity index (χ4n) is 1.85. The van der Waals surface area contributed by atoms with E-state index in [9.17, 15) is 12.8 Å². The first-order chi connectivity index (χ1) is 8.40. The molecule has 0 heterocycles. The van der Waals surface area contributed by atoms with Crippen LogP contribution in [-0.4, -0.2) is 15.0 Å². The van der Waals surface area contributed by atoms with Crippen LogP contribution in [-0.2, 0) is 10.0 Å². The van der Waals surface area contributed by atoms with Crippen LogP contribution in [0.2, 0.25) is 0 Å². The van der Waals surface area contributed by atoms with Gasteiger partial charge in [-0.05, 0) is 42.9 Å². The standard InChI is InChI=1S/C12H17FN2O2S/c1-8(9-2-3-9)7-15-18(16,17)10-4-5-11(13)12(14)6-10/h4-6,8-9,15H,2-3,7,14H2,1H3. The molecular formula is C12H17FN2O2S. The van der Waals surface area contributed by atoms with Gasteiger partial charge in [0.2, 0.25) is 10.0 Å². The minimum atomic E-state index is -3.60. The van der Waals surface area contributed by atoms with Gasteiger partial charge in [0.15, 0.2) is 0 Å². The molecule has 100 valence electrons. The predicted octanol–water partition coefficient (Wildman–Crippen LogP) is 1.73. The van der Waals surface area contributed by atoms with Crippen LogP contribution in [0.5, 0.6) is 0 Å². The van der Waals surface area contributed by atoms with Crippen molar-refractivity contribution in [1.29, 1.82) is 0 Å². The van der Waals surface area contributed by atoms with Crippen molar-refractivity contribution in [3.05, 3.63) is 24.0 Å². The Labute approximate surface area is 106 Å². The highest BCUT2D eigenvalue weighted by molar-refractivity contribution is 7.89. The molecule has 0 spiro atoms. The van der Waals surface area contributed by atoms with Crippen molar-refractivity contribution in [3.8, 4) is 0 Å². The van der Waals surface area contributed by atoms with Gasteiger partial charge in [0, 0.05) is 6.54 Å². The molecule has 1 fully saturated rings. The summed E-state index contributed by atoms with van der Waals surface area (Å²) in [6.07, 6.45) is 2.35. The second-order valence-corrected chi connectivity index (χ2v) is 6.62. The van der Waals surface area contributed by atoms with Crippen LogP contribution in [0.25, 0.3) is 0 Å². The molecule has 4 nitrogen and oxygen atoms in total. The molecule has 0 aromatic heterocycles. The molecule has 1 atom stereocenters. The second-order valence-electron chi connectivity index (χ2n) is 4.85. The fourth-order valence-corrected chi connectivity index (χ4v) is 3.02. The van der Waals surface area contributed by atoms with E-state index in [0.717, 1.165) is 12.1 Å². The number of hydrogen-bond donors (Lipinski definition) is 2. The van der Waals surface area contributed by atoms with Crippen LogP contribution < -0.4 is 10.5 Å². The van der Waals surface area contributed by atoms with E-state index in [-0.39, 0.29) is 10.6 Å². The third kappa shape index (κ3) is 3.00. The number of nitrogens with one attached hydrogen (secondary N) is 1. The van der Waals surface area contributed by atoms with Crippen molar-refractivity contribution in [2.75, 3.05) is 12.3 Å². The van der Waals surface area contributed by atoms with Crippen LogP contribution in [0.4, 0.5) is 10.1 Å². The van der Waals surface area contributed by atoms with E-state index < -0.39 is 15.8 Å². The largest absolute Gasteiger partial charge is 0.396 e. The lowest BCUT2D eigenvalue weighted by atomic mass is 10.1. The normalized spacial score (nSPS) is 17.7. The number of halogens is 1. The van der Waals surface area contributed by atoms with Crippen LogP contribution >= 0.6 is 0 Å². The van der Waals surface area contributed by atoms with Gasteiger partial charge in [0.05, 0.1) is 10.6 Å². The van der Waals surface area contributed by atoms with Crippen molar-refractivity contribution in [3.63, 3.8) is 0 Å². The predicted molar refractivity (Wildman–Crippen MR) is 67.9 cm³/mol. The summed E-state index contributed by atoms with van der Waals surface area (Å²) in [5.74, 6) is 0.351. The molecule has 0 radical (unpaired) electrons. The Morgan fingerprint density at radius 3 is 2.72 bits per heavy atom. The maximum atomic E-state index is 13.0. The molecule has 1 aromatic carbocycles. The molecule has 1 unspecified atom stereocenters. The summed E-state index contributed by atoms with van der Waals surface area (Å²) in [6.45, 7) is 2.43. The Balaban J connectivity index is 2.07. The molecule has 0 aliphatic heterocycles. The minimum absolute atomic E-state index is 0.00407. The highest BCUT2D eigenvalue weighted by Gasteiger charge is 2.28. The molecule has 18 heavy (non-hydrogen) atoms. The van der Waals surface area contributed by atoms with Gasteiger partial charge >= 0.3 is 0 Å². The first-order valence-corrected chi connectivity index (χ1v) is 7.43. The summed E-state index contributed by atoms with van der Waals surface area (Å²) >= 11 is 0. The zero-order chi connectivity index (χ0) is 13.3. The van der Waals surface area contributed by atoms with Crippen molar-refractivity contribution in [2.24, 2.45) is 11.8 Å². The highest BCUT2D eigenvalue weighted by Crippen LogP contribution is 2.36. The van der Waals surface area contributed by atoms with Gasteiger partial charge in [-0.1, -0.05) is 6.92 Å². The Kier molecular flexibility index (Phi) is 3.59. The number of hydrogen-bond acceptors (Lipinski definition) is 3. The highest BCUT2D eigenvalue weighted by atomic mass is 32.2. The number of benzene rings is 1. The minimum Gasteiger partial charge on any atom is -0.396 e. The monoisotopic (exact) mass is 272 g/mol. The second kappa shape index (κ2) is 4.85. The van der Waals surface area contributed by atoms with E-state index in [0.29, 0.717) is 18.4 Å². The van der Waals surface area contributed by atoms with Crippen molar-refractivity contribution >= 4 is 15.7 Å². The van der Waals surface area contributed by atoms with Gasteiger partial charge in [0.25, 0.3) is 0 Å². The summed E-state index contributed by atoms with van der Waals surface area (Å²) < 4.78 is 39.4. The number of nitrogens with two attached hydrogens (primary N) is 1. The molecule has 2 rings (SSSR count). The van der Waals surface area contributed by atoms with Crippen LogP contribution in [0.1, 0.15) is 19.8 Å². The average molecular weight is 272 g/mol. The fraction of sp³-hybridized carbons (Fsp3) is 0.500. The molecule has 0 amide bonds. The molecule has 1 aliphatic carbocycles. The Morgan fingerprint density at radius 2 is 2.17 bits per heavy atom. The van der Waals surface area contributed by atoms with Gasteiger partial charge in [0.1, 0.15) is 5.82 Å². The molecule has 1 saturated carbocycles. The number of nitrogen functional groups attached to an aromatic ring is 1. The molecule has 0 saturated heterocycles. The maximum absolute atomic E-state index is 13.0. The lowest BCUT2D eigenvalue weighted by Crippen LogP contribution is -2.29. The van der Waals surface area contributed by atoms with Gasteiger partial charge < -0.3 is 5.73 Å². The van der Waals surface area contributed by atoms with E-state index in [2.05, 4.69) is 4.72 Å². The lowest BCUT2D eigenvalue weighted by molar-refractivity contribution is 0.492. The van der Waals surface area contributed by atoms with Crippen molar-refractivity contribution < 1.29 is 12.8 Å². The quantitative estimate of drug-likeness (QED) is 0.802. The summed E-state index contributed by atoms with van der Waals surface area (Å²) in [4.78, 5) is 0.00407. The van der Waals surface area contributed by atoms with Crippen LogP contribution in [0.15, 0.2) is 23.1 Å². The molecule has 6 heteroatoms. The molecule has 1 aromatic rings. The van der Waals surface area contributed by atoms with Gasteiger partial charge in [-0.3, -0.25) is 0 Å². The lowest BCUT2D eigenvalue weighted by Gasteiger charge is -2.12. The maximum Gasteiger partial charge on any atom is 0.240 e. The topological polar surface area (TPSA) is 72.2 Å². The van der Waals surface area contributed by atoms with E-state index in [1.807, 2.05) is 6.92 Å². The summed E-state index contributed by atoms with van der Waals surface area (Å²) in [6, 6.07) is 3.42. The average Bonchev–Trinajstić information content (AvgIpc) is 3.13. The van der Waals surface area contributed by atoms with E-state index in [1.54, 1.807) is 0 Å². The summed E-state index contributed by atoms with van der Waals surface area (Å²) in [5, 5.41) is 0. The van der Waals surface area contributed by atoms with Crippen LogP contribution in [0.3, 0.4) is 0 Å². The molecular weight excluding hydrogens is 255 g/mol. The number of rotatable bonds is 5. The zero-order valence-corrected chi connectivity index (χ0v) is 11.0. The third-order valence-electron chi connectivity index (χ3n) is 3.30. The first kappa shape index (κ1) is 13.3. The van der Waals surface area contributed by atoms with Gasteiger partial charge in [-0.2, -0.15) is 0 Å². The molecule has 0 bridgehead atoms. The van der Waals surface area contributed by atoms with Crippen molar-refractivity contribution in [1.82, 2.24) is 4.72 Å². The van der Waals surface area contributed by atoms with E-state index in [4.69, 9.17) is 5.73 Å². The zero-order valence-electron chi connectivity index (χ0n) is 10.2. The summed E-state index contributed by atoms with van der Waals surface area (Å²) in [5.41, 5.74) is 5.21. The van der Waals surface area contributed by atoms with Gasteiger partial charge in [-0.25, -0.2) is 17.5 Å². The Hall–Kier alpha value is -1.14.